The van der Waals surface area contributed by atoms with Crippen molar-refractivity contribution in [3.63, 3.8) is 0 Å². The van der Waals surface area contributed by atoms with Crippen molar-refractivity contribution >= 4 is 23.2 Å². The zero-order valence-corrected chi connectivity index (χ0v) is 9.11. The highest BCUT2D eigenvalue weighted by molar-refractivity contribution is 6.33. The smallest absolute Gasteiger partial charge is 0.132 e. The van der Waals surface area contributed by atoms with Crippen LogP contribution in [0.4, 0.5) is 4.39 Å². The number of hydrogen-bond donors (Lipinski definition) is 0. The van der Waals surface area contributed by atoms with Gasteiger partial charge in [0.1, 0.15) is 5.82 Å². The Kier molecular flexibility index (Phi) is 2.94. The monoisotopic (exact) mass is 239 g/mol. The highest BCUT2D eigenvalue weighted by atomic mass is 35.5. The van der Waals surface area contributed by atoms with Gasteiger partial charge in [0.05, 0.1) is 0 Å². The van der Waals surface area contributed by atoms with E-state index >= 15 is 0 Å². The summed E-state index contributed by atoms with van der Waals surface area (Å²) in [6, 6.07) is 12.4. The number of benzene rings is 2. The van der Waals surface area contributed by atoms with Crippen molar-refractivity contribution < 1.29 is 4.39 Å². The molecule has 15 heavy (non-hydrogen) atoms. The first-order chi connectivity index (χ1) is 7.18. The molecule has 2 aromatic carbocycles. The predicted octanol–water partition coefficient (Wildman–Crippen LogP) is 4.60. The molecule has 0 N–H and O–H groups in total. The highest BCUT2D eigenvalue weighted by Gasteiger charge is 2.08. The van der Waals surface area contributed by atoms with Crippen LogP contribution in [0.3, 0.4) is 0 Å². The van der Waals surface area contributed by atoms with Crippen LogP contribution in [0, 0.1) is 11.9 Å². The molecule has 0 aliphatic carbocycles. The van der Waals surface area contributed by atoms with Crippen LogP contribution >= 0.6 is 23.2 Å². The van der Waals surface area contributed by atoms with E-state index in [-0.39, 0.29) is 5.82 Å². The molecule has 3 heteroatoms. The zero-order chi connectivity index (χ0) is 10.8. The average molecular weight is 240 g/mol. The quantitative estimate of drug-likeness (QED) is 0.683. The number of hydrogen-bond acceptors (Lipinski definition) is 0. The fourth-order valence-corrected chi connectivity index (χ4v) is 1.70. The summed E-state index contributed by atoms with van der Waals surface area (Å²) < 4.78 is 13.6. The Labute approximate surface area is 97.3 Å². The molecule has 0 nitrogen and oxygen atoms in total. The van der Waals surface area contributed by atoms with Crippen LogP contribution in [0.2, 0.25) is 10.0 Å². The van der Waals surface area contributed by atoms with Crippen LogP contribution in [-0.2, 0) is 0 Å². The van der Waals surface area contributed by atoms with Gasteiger partial charge in [-0.15, -0.1) is 0 Å². The molecule has 0 amide bonds. The van der Waals surface area contributed by atoms with Gasteiger partial charge < -0.3 is 0 Å². The molecule has 2 rings (SSSR count). The summed E-state index contributed by atoms with van der Waals surface area (Å²) in [6.45, 7) is 0. The van der Waals surface area contributed by atoms with Crippen molar-refractivity contribution in [1.82, 2.24) is 0 Å². The third-order valence-corrected chi connectivity index (χ3v) is 2.60. The fraction of sp³-hybridized carbons (Fsp3) is 0. The Morgan fingerprint density at radius 1 is 1.07 bits per heavy atom. The molecule has 0 saturated heterocycles. The normalized spacial score (nSPS) is 10.3. The fourth-order valence-electron chi connectivity index (χ4n) is 1.33. The lowest BCUT2D eigenvalue weighted by Gasteiger charge is -2.05. The van der Waals surface area contributed by atoms with E-state index in [2.05, 4.69) is 6.07 Å². The van der Waals surface area contributed by atoms with E-state index in [0.29, 0.717) is 21.2 Å². The minimum Gasteiger partial charge on any atom is -0.206 e. The summed E-state index contributed by atoms with van der Waals surface area (Å²) in [5.41, 5.74) is 1.05. The van der Waals surface area contributed by atoms with Gasteiger partial charge in [0.2, 0.25) is 0 Å². The first-order valence-electron chi connectivity index (χ1n) is 4.29. The van der Waals surface area contributed by atoms with E-state index in [1.807, 2.05) is 0 Å². The van der Waals surface area contributed by atoms with Crippen molar-refractivity contribution in [2.45, 2.75) is 0 Å². The molecule has 0 bridgehead atoms. The van der Waals surface area contributed by atoms with E-state index in [4.69, 9.17) is 23.2 Å². The SMILES string of the molecule is Fc1cc(Cl)ccc1-c1c[c]ccc1Cl. The zero-order valence-electron chi connectivity index (χ0n) is 7.60. The lowest BCUT2D eigenvalue weighted by Crippen LogP contribution is -1.85. The van der Waals surface area contributed by atoms with Gasteiger partial charge in [0.25, 0.3) is 0 Å². The molecule has 0 atom stereocenters. The Morgan fingerprint density at radius 2 is 1.87 bits per heavy atom. The standard InChI is InChI=1S/C12H6Cl2F/c13-8-5-6-10(12(15)7-8)9-3-1-2-4-11(9)14/h2-7H. The number of halogens is 3. The molecule has 0 fully saturated rings. The van der Waals surface area contributed by atoms with Crippen molar-refractivity contribution in [2.24, 2.45) is 0 Å². The van der Waals surface area contributed by atoms with E-state index in [9.17, 15) is 4.39 Å². The van der Waals surface area contributed by atoms with Crippen molar-refractivity contribution in [3.8, 4) is 11.1 Å². The summed E-state index contributed by atoms with van der Waals surface area (Å²) in [6.07, 6.45) is 0. The second kappa shape index (κ2) is 4.21. The van der Waals surface area contributed by atoms with Gasteiger partial charge in [0.15, 0.2) is 0 Å². The molecule has 0 aromatic heterocycles. The Balaban J connectivity index is 2.60. The Hall–Kier alpha value is -1.05. The molecule has 1 radical (unpaired) electrons. The van der Waals surface area contributed by atoms with E-state index in [1.165, 1.54) is 6.07 Å². The molecular weight excluding hydrogens is 234 g/mol. The first-order valence-corrected chi connectivity index (χ1v) is 5.05. The minimum atomic E-state index is -0.385. The van der Waals surface area contributed by atoms with E-state index in [0.717, 1.165) is 0 Å². The van der Waals surface area contributed by atoms with Crippen LogP contribution in [0.25, 0.3) is 11.1 Å². The largest absolute Gasteiger partial charge is 0.206 e. The van der Waals surface area contributed by atoms with E-state index < -0.39 is 0 Å². The maximum absolute atomic E-state index is 13.6. The number of rotatable bonds is 1. The highest BCUT2D eigenvalue weighted by Crippen LogP contribution is 2.30. The topological polar surface area (TPSA) is 0 Å². The lowest BCUT2D eigenvalue weighted by molar-refractivity contribution is 0.631. The summed E-state index contributed by atoms with van der Waals surface area (Å²) >= 11 is 11.6. The summed E-state index contributed by atoms with van der Waals surface area (Å²) in [4.78, 5) is 0. The molecule has 0 aliphatic heterocycles. The molecule has 75 valence electrons. The summed E-state index contributed by atoms with van der Waals surface area (Å²) in [7, 11) is 0. The van der Waals surface area contributed by atoms with Gasteiger partial charge in [-0.05, 0) is 36.4 Å². The lowest BCUT2D eigenvalue weighted by atomic mass is 10.1. The van der Waals surface area contributed by atoms with Crippen molar-refractivity contribution in [3.05, 3.63) is 58.3 Å². The van der Waals surface area contributed by atoms with Crippen molar-refractivity contribution in [2.75, 3.05) is 0 Å². The van der Waals surface area contributed by atoms with Gasteiger partial charge in [-0.2, -0.15) is 0 Å². The van der Waals surface area contributed by atoms with Crippen LogP contribution < -0.4 is 0 Å². The second-order valence-electron chi connectivity index (χ2n) is 3.03. The third kappa shape index (κ3) is 2.14. The molecule has 0 heterocycles. The maximum atomic E-state index is 13.6. The Bertz CT molecular complexity index is 495. The summed E-state index contributed by atoms with van der Waals surface area (Å²) in [5.74, 6) is -0.385. The summed E-state index contributed by atoms with van der Waals surface area (Å²) in [5, 5.41) is 0.863. The molecular formula is C12H6Cl2F. The van der Waals surface area contributed by atoms with Crippen LogP contribution in [0.15, 0.2) is 36.4 Å². The predicted molar refractivity (Wildman–Crippen MR) is 60.7 cm³/mol. The maximum Gasteiger partial charge on any atom is 0.132 e. The van der Waals surface area contributed by atoms with Crippen LogP contribution in [-0.4, -0.2) is 0 Å². The van der Waals surface area contributed by atoms with Crippen molar-refractivity contribution in [1.29, 1.82) is 0 Å². The molecule has 0 saturated carbocycles. The molecule has 0 spiro atoms. The minimum absolute atomic E-state index is 0.368. The Morgan fingerprint density at radius 3 is 2.53 bits per heavy atom. The van der Waals surface area contributed by atoms with Crippen LogP contribution in [0.1, 0.15) is 0 Å². The molecule has 0 aliphatic rings. The second-order valence-corrected chi connectivity index (χ2v) is 3.87. The van der Waals surface area contributed by atoms with Gasteiger partial charge in [-0.3, -0.25) is 0 Å². The average Bonchev–Trinajstić information content (AvgIpc) is 2.20. The van der Waals surface area contributed by atoms with E-state index in [1.54, 1.807) is 30.3 Å². The molecule has 2 aromatic rings. The van der Waals surface area contributed by atoms with Gasteiger partial charge in [0, 0.05) is 21.2 Å². The third-order valence-electron chi connectivity index (χ3n) is 2.03. The van der Waals surface area contributed by atoms with Gasteiger partial charge >= 0.3 is 0 Å². The van der Waals surface area contributed by atoms with Gasteiger partial charge in [-0.1, -0.05) is 29.3 Å². The molecule has 0 unspecified atom stereocenters. The van der Waals surface area contributed by atoms with Gasteiger partial charge in [-0.25, -0.2) is 4.39 Å². The van der Waals surface area contributed by atoms with Crippen LogP contribution in [0.5, 0.6) is 0 Å². The first kappa shape index (κ1) is 10.5.